The molecule has 1 aromatic rings. The molecule has 0 radical (unpaired) electrons. The van der Waals surface area contributed by atoms with Gasteiger partial charge in [-0.1, -0.05) is 12.1 Å². The van der Waals surface area contributed by atoms with Gasteiger partial charge in [0.1, 0.15) is 5.76 Å². The van der Waals surface area contributed by atoms with E-state index in [-0.39, 0.29) is 0 Å². The molecule has 0 aromatic carbocycles. The van der Waals surface area contributed by atoms with Gasteiger partial charge in [0, 0.05) is 30.7 Å². The Morgan fingerprint density at radius 2 is 2.05 bits per heavy atom. The molecule has 19 heavy (non-hydrogen) atoms. The third-order valence-corrected chi connectivity index (χ3v) is 4.27. The maximum Gasteiger partial charge on any atom is 0.138 e. The van der Waals surface area contributed by atoms with E-state index in [1.165, 1.54) is 24.8 Å². The molecule has 2 rings (SSSR count). The molecular weight excluding hydrogens is 238 g/mol. The minimum Gasteiger partial charge on any atom is -0.361 e. The van der Waals surface area contributed by atoms with Crippen molar-refractivity contribution < 1.29 is 4.52 Å². The molecule has 0 spiro atoms. The molecule has 1 N–H and O–H groups in total. The van der Waals surface area contributed by atoms with Gasteiger partial charge in [-0.25, -0.2) is 0 Å². The fourth-order valence-corrected chi connectivity index (χ4v) is 3.11. The number of aromatic nitrogens is 1. The highest BCUT2D eigenvalue weighted by Gasteiger charge is 2.26. The van der Waals surface area contributed by atoms with E-state index in [1.54, 1.807) is 0 Å². The van der Waals surface area contributed by atoms with Gasteiger partial charge in [-0.2, -0.15) is 0 Å². The molecule has 1 aliphatic heterocycles. The lowest BCUT2D eigenvalue weighted by molar-refractivity contribution is 0.151. The second-order valence-electron chi connectivity index (χ2n) is 5.68. The van der Waals surface area contributed by atoms with Gasteiger partial charge >= 0.3 is 0 Å². The number of nitrogens with one attached hydrogen (secondary N) is 1. The Labute approximate surface area is 116 Å². The first-order valence-electron chi connectivity index (χ1n) is 7.53. The quantitative estimate of drug-likeness (QED) is 0.889. The molecule has 4 heteroatoms. The van der Waals surface area contributed by atoms with Crippen LogP contribution in [0.5, 0.6) is 0 Å². The Morgan fingerprint density at radius 1 is 1.37 bits per heavy atom. The van der Waals surface area contributed by atoms with Gasteiger partial charge in [-0.05, 0) is 46.6 Å². The van der Waals surface area contributed by atoms with Crippen molar-refractivity contribution >= 4 is 0 Å². The van der Waals surface area contributed by atoms with Gasteiger partial charge in [-0.3, -0.25) is 4.90 Å². The van der Waals surface area contributed by atoms with Crippen LogP contribution in [0.3, 0.4) is 0 Å². The molecule has 1 aliphatic rings. The first kappa shape index (κ1) is 14.5. The van der Waals surface area contributed by atoms with Gasteiger partial charge in [0.05, 0.1) is 5.69 Å². The summed E-state index contributed by atoms with van der Waals surface area (Å²) in [6.45, 7) is 12.0. The van der Waals surface area contributed by atoms with Crippen LogP contribution in [-0.2, 0) is 0 Å². The zero-order valence-corrected chi connectivity index (χ0v) is 12.7. The average molecular weight is 265 g/mol. The lowest BCUT2D eigenvalue weighted by Gasteiger charge is -2.36. The van der Waals surface area contributed by atoms with Gasteiger partial charge in [0.15, 0.2) is 0 Å². The van der Waals surface area contributed by atoms with Crippen molar-refractivity contribution in [2.45, 2.75) is 59.0 Å². The summed E-state index contributed by atoms with van der Waals surface area (Å²) in [6, 6.07) is 1.12. The van der Waals surface area contributed by atoms with Crippen molar-refractivity contribution in [1.82, 2.24) is 15.4 Å². The summed E-state index contributed by atoms with van der Waals surface area (Å²) in [7, 11) is 0. The summed E-state index contributed by atoms with van der Waals surface area (Å²) in [4.78, 5) is 2.55. The van der Waals surface area contributed by atoms with Crippen LogP contribution in [0.1, 0.15) is 56.2 Å². The van der Waals surface area contributed by atoms with Crippen LogP contribution in [-0.4, -0.2) is 35.7 Å². The lowest BCUT2D eigenvalue weighted by atomic mass is 9.99. The van der Waals surface area contributed by atoms with E-state index in [4.69, 9.17) is 4.52 Å². The summed E-state index contributed by atoms with van der Waals surface area (Å²) >= 11 is 0. The number of rotatable bonds is 5. The van der Waals surface area contributed by atoms with Crippen molar-refractivity contribution in [3.63, 3.8) is 0 Å². The molecule has 1 aromatic heterocycles. The number of aryl methyl sites for hydroxylation is 2. The van der Waals surface area contributed by atoms with Crippen LogP contribution in [0, 0.1) is 13.8 Å². The predicted octanol–water partition coefficient (Wildman–Crippen LogP) is 2.82. The molecule has 0 aliphatic carbocycles. The van der Waals surface area contributed by atoms with Crippen molar-refractivity contribution in [2.24, 2.45) is 0 Å². The highest BCUT2D eigenvalue weighted by atomic mass is 16.5. The SMILES string of the molecule is CCCNC1CCN(C(C)c2c(C)noc2C)CC1. The first-order chi connectivity index (χ1) is 9.13. The minimum absolute atomic E-state index is 0.415. The molecular formula is C15H27N3O. The highest BCUT2D eigenvalue weighted by molar-refractivity contribution is 5.24. The Balaban J connectivity index is 1.91. The van der Waals surface area contributed by atoms with Gasteiger partial charge in [-0.15, -0.1) is 0 Å². The van der Waals surface area contributed by atoms with Crippen LogP contribution in [0.25, 0.3) is 0 Å². The average Bonchev–Trinajstić information content (AvgIpc) is 2.76. The van der Waals surface area contributed by atoms with Crippen molar-refractivity contribution in [2.75, 3.05) is 19.6 Å². The van der Waals surface area contributed by atoms with Gasteiger partial charge in [0.25, 0.3) is 0 Å². The standard InChI is InChI=1S/C15H27N3O/c1-5-8-16-14-6-9-18(10-7-14)12(3)15-11(2)17-19-13(15)4/h12,14,16H,5-10H2,1-4H3. The molecule has 1 atom stereocenters. The zero-order valence-electron chi connectivity index (χ0n) is 12.7. The van der Waals surface area contributed by atoms with Crippen molar-refractivity contribution in [3.8, 4) is 0 Å². The Morgan fingerprint density at radius 3 is 2.58 bits per heavy atom. The van der Waals surface area contributed by atoms with Crippen molar-refractivity contribution in [3.05, 3.63) is 17.0 Å². The van der Waals surface area contributed by atoms with Crippen LogP contribution in [0.2, 0.25) is 0 Å². The fourth-order valence-electron chi connectivity index (χ4n) is 3.11. The third kappa shape index (κ3) is 3.37. The molecule has 0 amide bonds. The lowest BCUT2D eigenvalue weighted by Crippen LogP contribution is -2.43. The smallest absolute Gasteiger partial charge is 0.138 e. The summed E-state index contributed by atoms with van der Waals surface area (Å²) in [5, 5.41) is 7.70. The summed E-state index contributed by atoms with van der Waals surface area (Å²) in [6.07, 6.45) is 3.71. The zero-order chi connectivity index (χ0) is 13.8. The van der Waals surface area contributed by atoms with E-state index in [2.05, 4.69) is 29.2 Å². The van der Waals surface area contributed by atoms with E-state index < -0.39 is 0 Å². The first-order valence-corrected chi connectivity index (χ1v) is 7.53. The molecule has 1 fully saturated rings. The maximum atomic E-state index is 5.29. The van der Waals surface area contributed by atoms with Gasteiger partial charge < -0.3 is 9.84 Å². The number of hydrogen-bond acceptors (Lipinski definition) is 4. The molecule has 0 bridgehead atoms. The second-order valence-corrected chi connectivity index (χ2v) is 5.68. The van der Waals surface area contributed by atoms with E-state index >= 15 is 0 Å². The Kier molecular flexibility index (Phi) is 4.99. The molecule has 0 saturated carbocycles. The number of likely N-dealkylation sites (tertiary alicyclic amines) is 1. The number of hydrogen-bond donors (Lipinski definition) is 1. The van der Waals surface area contributed by atoms with E-state index in [0.717, 1.165) is 31.1 Å². The summed E-state index contributed by atoms with van der Waals surface area (Å²) in [5.41, 5.74) is 2.32. The molecule has 108 valence electrons. The predicted molar refractivity (Wildman–Crippen MR) is 77.3 cm³/mol. The van der Waals surface area contributed by atoms with Crippen LogP contribution >= 0.6 is 0 Å². The van der Waals surface area contributed by atoms with E-state index in [1.807, 2.05) is 13.8 Å². The van der Waals surface area contributed by atoms with Crippen LogP contribution in [0.15, 0.2) is 4.52 Å². The molecule has 1 saturated heterocycles. The normalized spacial score (nSPS) is 19.8. The summed E-state index contributed by atoms with van der Waals surface area (Å²) < 4.78 is 5.29. The maximum absolute atomic E-state index is 5.29. The fraction of sp³-hybridized carbons (Fsp3) is 0.800. The highest BCUT2D eigenvalue weighted by Crippen LogP contribution is 2.28. The largest absolute Gasteiger partial charge is 0.361 e. The Hall–Kier alpha value is -0.870. The molecule has 1 unspecified atom stereocenters. The monoisotopic (exact) mass is 265 g/mol. The minimum atomic E-state index is 0.415. The van der Waals surface area contributed by atoms with Gasteiger partial charge in [0.2, 0.25) is 0 Å². The van der Waals surface area contributed by atoms with Crippen LogP contribution < -0.4 is 5.32 Å². The van der Waals surface area contributed by atoms with Crippen LogP contribution in [0.4, 0.5) is 0 Å². The number of piperidine rings is 1. The number of nitrogens with zero attached hydrogens (tertiary/aromatic N) is 2. The molecule has 4 nitrogen and oxygen atoms in total. The second kappa shape index (κ2) is 6.53. The Bertz CT molecular complexity index is 375. The molecule has 2 heterocycles. The topological polar surface area (TPSA) is 41.3 Å². The van der Waals surface area contributed by atoms with E-state index in [0.29, 0.717) is 12.1 Å². The summed E-state index contributed by atoms with van der Waals surface area (Å²) in [5.74, 6) is 0.969. The van der Waals surface area contributed by atoms with Crippen molar-refractivity contribution in [1.29, 1.82) is 0 Å². The van der Waals surface area contributed by atoms with E-state index in [9.17, 15) is 0 Å². The third-order valence-electron chi connectivity index (χ3n) is 4.27.